The summed E-state index contributed by atoms with van der Waals surface area (Å²) < 4.78 is 11.9. The van der Waals surface area contributed by atoms with Crippen LogP contribution in [0.5, 0.6) is 5.75 Å². The molecule has 2 aliphatic rings. The SMILES string of the molecule is COC1=CCOc2c1c1c(c3ccccc23)-c2ccccc2C1(C)C. The third-order valence-electron chi connectivity index (χ3n) is 5.63. The topological polar surface area (TPSA) is 18.5 Å². The predicted octanol–water partition coefficient (Wildman–Crippen LogP) is 5.53. The molecule has 0 radical (unpaired) electrons. The van der Waals surface area contributed by atoms with Gasteiger partial charge in [-0.1, -0.05) is 62.4 Å². The summed E-state index contributed by atoms with van der Waals surface area (Å²) in [7, 11) is 1.75. The maximum Gasteiger partial charge on any atom is 0.138 e. The Bertz CT molecular complexity index is 1060. The van der Waals surface area contributed by atoms with E-state index in [4.69, 9.17) is 9.47 Å². The zero-order chi connectivity index (χ0) is 17.2. The quantitative estimate of drug-likeness (QED) is 0.585. The van der Waals surface area contributed by atoms with E-state index in [2.05, 4.69) is 62.4 Å². The van der Waals surface area contributed by atoms with Crippen molar-refractivity contribution in [3.63, 3.8) is 0 Å². The molecular formula is C23H20O2. The second-order valence-electron chi connectivity index (χ2n) is 7.25. The van der Waals surface area contributed by atoms with Crippen molar-refractivity contribution >= 4 is 16.5 Å². The Morgan fingerprint density at radius 3 is 2.44 bits per heavy atom. The lowest BCUT2D eigenvalue weighted by Crippen LogP contribution is -2.19. The Balaban J connectivity index is 2.04. The van der Waals surface area contributed by atoms with Crippen LogP contribution in [0, 0.1) is 0 Å². The highest BCUT2D eigenvalue weighted by Crippen LogP contribution is 2.57. The van der Waals surface area contributed by atoms with E-state index in [-0.39, 0.29) is 5.41 Å². The molecule has 0 N–H and O–H groups in total. The molecule has 1 heterocycles. The first-order chi connectivity index (χ1) is 12.1. The number of ether oxygens (including phenoxy) is 2. The maximum atomic E-state index is 6.13. The van der Waals surface area contributed by atoms with Gasteiger partial charge in [0.05, 0.1) is 12.7 Å². The normalized spacial score (nSPS) is 16.5. The smallest absolute Gasteiger partial charge is 0.138 e. The summed E-state index contributed by atoms with van der Waals surface area (Å²) in [5.41, 5.74) is 6.34. The van der Waals surface area contributed by atoms with Gasteiger partial charge in [-0.3, -0.25) is 0 Å². The lowest BCUT2D eigenvalue weighted by Gasteiger charge is -2.29. The lowest BCUT2D eigenvalue weighted by molar-refractivity contribution is 0.322. The van der Waals surface area contributed by atoms with Gasteiger partial charge in [-0.2, -0.15) is 0 Å². The number of hydrogen-bond donors (Lipinski definition) is 0. The zero-order valence-electron chi connectivity index (χ0n) is 14.7. The fraction of sp³-hybridized carbons (Fsp3) is 0.217. The van der Waals surface area contributed by atoms with E-state index < -0.39 is 0 Å². The molecule has 0 atom stereocenters. The van der Waals surface area contributed by atoms with Gasteiger partial charge in [-0.25, -0.2) is 0 Å². The number of fused-ring (bicyclic) bond motifs is 8. The standard InChI is InChI=1S/C23H20O2/c1-23(2)17-11-7-6-10-16(17)19-14-8-4-5-9-15(14)22-20(21(19)23)18(24-3)12-13-25-22/h4-12H,13H2,1-3H3. The second kappa shape index (κ2) is 4.89. The molecule has 2 heteroatoms. The van der Waals surface area contributed by atoms with Gasteiger partial charge in [0.15, 0.2) is 0 Å². The van der Waals surface area contributed by atoms with Crippen molar-refractivity contribution in [1.82, 2.24) is 0 Å². The second-order valence-corrected chi connectivity index (χ2v) is 7.25. The summed E-state index contributed by atoms with van der Waals surface area (Å²) >= 11 is 0. The van der Waals surface area contributed by atoms with Gasteiger partial charge >= 0.3 is 0 Å². The predicted molar refractivity (Wildman–Crippen MR) is 102 cm³/mol. The maximum absolute atomic E-state index is 6.13. The van der Waals surface area contributed by atoms with Crippen LogP contribution in [0.15, 0.2) is 54.6 Å². The molecule has 1 aliphatic carbocycles. The third kappa shape index (κ3) is 1.74. The van der Waals surface area contributed by atoms with Gasteiger partial charge in [0.25, 0.3) is 0 Å². The van der Waals surface area contributed by atoms with Gasteiger partial charge < -0.3 is 9.47 Å². The first-order valence-electron chi connectivity index (χ1n) is 8.71. The Morgan fingerprint density at radius 2 is 1.64 bits per heavy atom. The van der Waals surface area contributed by atoms with Gasteiger partial charge in [0.1, 0.15) is 18.1 Å². The third-order valence-corrected chi connectivity index (χ3v) is 5.63. The zero-order valence-corrected chi connectivity index (χ0v) is 14.7. The molecule has 0 saturated carbocycles. The molecule has 3 aromatic rings. The molecule has 0 unspecified atom stereocenters. The molecule has 5 rings (SSSR count). The fourth-order valence-corrected chi connectivity index (χ4v) is 4.57. The highest BCUT2D eigenvalue weighted by molar-refractivity contribution is 6.08. The van der Waals surface area contributed by atoms with Crippen molar-refractivity contribution in [3.05, 3.63) is 71.3 Å². The van der Waals surface area contributed by atoms with Crippen LogP contribution in [0.2, 0.25) is 0 Å². The molecule has 1 aliphatic heterocycles. The summed E-state index contributed by atoms with van der Waals surface area (Å²) in [5, 5.41) is 2.41. The molecule has 0 aromatic heterocycles. The lowest BCUT2D eigenvalue weighted by atomic mass is 9.78. The summed E-state index contributed by atoms with van der Waals surface area (Å²) in [6, 6.07) is 17.3. The van der Waals surface area contributed by atoms with E-state index in [1.54, 1.807) is 7.11 Å². The van der Waals surface area contributed by atoms with Crippen LogP contribution in [-0.2, 0) is 10.2 Å². The van der Waals surface area contributed by atoms with Crippen molar-refractivity contribution in [2.24, 2.45) is 0 Å². The van der Waals surface area contributed by atoms with E-state index in [1.165, 1.54) is 27.6 Å². The van der Waals surface area contributed by atoms with E-state index in [1.807, 2.05) is 6.08 Å². The van der Waals surface area contributed by atoms with Crippen molar-refractivity contribution in [2.45, 2.75) is 19.3 Å². The molecule has 0 bridgehead atoms. The Hall–Kier alpha value is -2.74. The van der Waals surface area contributed by atoms with Gasteiger partial charge in [-0.05, 0) is 33.7 Å². The molecule has 3 aromatic carbocycles. The van der Waals surface area contributed by atoms with E-state index in [0.29, 0.717) is 6.61 Å². The van der Waals surface area contributed by atoms with Crippen molar-refractivity contribution in [1.29, 1.82) is 0 Å². The first-order valence-corrected chi connectivity index (χ1v) is 8.71. The van der Waals surface area contributed by atoms with E-state index >= 15 is 0 Å². The minimum absolute atomic E-state index is 0.0988. The van der Waals surface area contributed by atoms with Crippen molar-refractivity contribution in [2.75, 3.05) is 13.7 Å². The molecule has 2 nitrogen and oxygen atoms in total. The molecule has 124 valence electrons. The van der Waals surface area contributed by atoms with Gasteiger partial charge in [-0.15, -0.1) is 0 Å². The number of hydrogen-bond acceptors (Lipinski definition) is 2. The van der Waals surface area contributed by atoms with Crippen LogP contribution in [0.25, 0.3) is 27.7 Å². The molecule has 0 saturated heterocycles. The number of methoxy groups -OCH3 is 1. The van der Waals surface area contributed by atoms with Crippen molar-refractivity contribution < 1.29 is 9.47 Å². The van der Waals surface area contributed by atoms with Crippen LogP contribution in [0.1, 0.15) is 30.5 Å². The molecular weight excluding hydrogens is 308 g/mol. The van der Waals surface area contributed by atoms with E-state index in [9.17, 15) is 0 Å². The minimum Gasteiger partial charge on any atom is -0.496 e. The monoisotopic (exact) mass is 328 g/mol. The summed E-state index contributed by atoms with van der Waals surface area (Å²) in [6.45, 7) is 5.15. The summed E-state index contributed by atoms with van der Waals surface area (Å²) in [6.07, 6.45) is 2.04. The number of rotatable bonds is 1. The van der Waals surface area contributed by atoms with Gasteiger partial charge in [0.2, 0.25) is 0 Å². The molecule has 25 heavy (non-hydrogen) atoms. The Kier molecular flexibility index (Phi) is 2.85. The van der Waals surface area contributed by atoms with Crippen LogP contribution >= 0.6 is 0 Å². The first kappa shape index (κ1) is 14.6. The molecule has 0 fully saturated rings. The molecule has 0 spiro atoms. The van der Waals surface area contributed by atoms with Crippen LogP contribution < -0.4 is 4.74 Å². The number of benzene rings is 3. The fourth-order valence-electron chi connectivity index (χ4n) is 4.57. The average Bonchev–Trinajstić information content (AvgIpc) is 2.89. The van der Waals surface area contributed by atoms with Crippen LogP contribution in [0.4, 0.5) is 0 Å². The average molecular weight is 328 g/mol. The minimum atomic E-state index is -0.0988. The Labute approximate surface area is 147 Å². The van der Waals surface area contributed by atoms with Crippen LogP contribution in [-0.4, -0.2) is 13.7 Å². The van der Waals surface area contributed by atoms with Gasteiger partial charge in [0, 0.05) is 10.8 Å². The highest BCUT2D eigenvalue weighted by atomic mass is 16.5. The largest absolute Gasteiger partial charge is 0.496 e. The van der Waals surface area contributed by atoms with Crippen molar-refractivity contribution in [3.8, 4) is 16.9 Å². The summed E-state index contributed by atoms with van der Waals surface area (Å²) in [5.74, 6) is 1.87. The van der Waals surface area contributed by atoms with Crippen LogP contribution in [0.3, 0.4) is 0 Å². The molecule has 0 amide bonds. The highest BCUT2D eigenvalue weighted by Gasteiger charge is 2.41. The van der Waals surface area contributed by atoms with E-state index in [0.717, 1.165) is 22.5 Å². The summed E-state index contributed by atoms with van der Waals surface area (Å²) in [4.78, 5) is 0. The Morgan fingerprint density at radius 1 is 0.920 bits per heavy atom.